The van der Waals surface area contributed by atoms with Crippen LogP contribution in [0.5, 0.6) is 0 Å². The molecule has 0 spiro atoms. The van der Waals surface area contributed by atoms with E-state index in [1.165, 1.54) is 4.31 Å². The molecule has 6 nitrogen and oxygen atoms in total. The summed E-state index contributed by atoms with van der Waals surface area (Å²) in [5.74, 6) is -0.458. The lowest BCUT2D eigenvalue weighted by Gasteiger charge is -2.31. The highest BCUT2D eigenvalue weighted by atomic mass is 32.2. The number of aryl methyl sites for hydroxylation is 1. The zero-order valence-corrected chi connectivity index (χ0v) is 16.5. The molecule has 26 heavy (non-hydrogen) atoms. The van der Waals surface area contributed by atoms with Crippen molar-refractivity contribution in [3.05, 3.63) is 46.4 Å². The fourth-order valence-corrected chi connectivity index (χ4v) is 5.35. The molecule has 1 aliphatic heterocycles. The zero-order chi connectivity index (χ0) is 18.7. The van der Waals surface area contributed by atoms with E-state index in [1.54, 1.807) is 41.7 Å². The van der Waals surface area contributed by atoms with Crippen molar-refractivity contribution in [3.63, 3.8) is 0 Å². The number of thiazole rings is 1. The van der Waals surface area contributed by atoms with Crippen molar-refractivity contribution in [2.45, 2.75) is 37.6 Å². The third kappa shape index (κ3) is 4.13. The van der Waals surface area contributed by atoms with Crippen LogP contribution in [-0.2, 0) is 14.8 Å². The molecule has 3 rings (SSSR count). The van der Waals surface area contributed by atoms with E-state index in [4.69, 9.17) is 0 Å². The van der Waals surface area contributed by atoms with Crippen LogP contribution in [-0.4, -0.2) is 36.7 Å². The molecule has 1 amide bonds. The fraction of sp³-hybridized carbons (Fsp3) is 0.444. The smallest absolute Gasteiger partial charge is 0.243 e. The predicted octanol–water partition coefficient (Wildman–Crippen LogP) is 2.73. The lowest BCUT2D eigenvalue weighted by Crippen LogP contribution is -2.45. The molecule has 0 radical (unpaired) electrons. The molecule has 1 fully saturated rings. The molecule has 1 aliphatic rings. The predicted molar refractivity (Wildman–Crippen MR) is 101 cm³/mol. The Morgan fingerprint density at radius 1 is 1.35 bits per heavy atom. The van der Waals surface area contributed by atoms with Gasteiger partial charge in [-0.2, -0.15) is 4.31 Å². The number of benzene rings is 1. The quantitative estimate of drug-likeness (QED) is 0.847. The van der Waals surface area contributed by atoms with Gasteiger partial charge < -0.3 is 5.32 Å². The second kappa shape index (κ2) is 7.85. The van der Waals surface area contributed by atoms with Gasteiger partial charge in [-0.25, -0.2) is 13.4 Å². The van der Waals surface area contributed by atoms with Gasteiger partial charge in [-0.15, -0.1) is 11.3 Å². The van der Waals surface area contributed by atoms with Gasteiger partial charge in [0.25, 0.3) is 0 Å². The minimum Gasteiger partial charge on any atom is -0.348 e. The maximum atomic E-state index is 12.8. The van der Waals surface area contributed by atoms with Gasteiger partial charge in [0, 0.05) is 18.5 Å². The molecule has 2 heterocycles. The average Bonchev–Trinajstić information content (AvgIpc) is 3.09. The van der Waals surface area contributed by atoms with Crippen LogP contribution < -0.4 is 5.32 Å². The maximum Gasteiger partial charge on any atom is 0.243 e. The number of hydrogen-bond acceptors (Lipinski definition) is 5. The van der Waals surface area contributed by atoms with Crippen LogP contribution in [0.4, 0.5) is 0 Å². The van der Waals surface area contributed by atoms with Gasteiger partial charge in [-0.1, -0.05) is 18.2 Å². The number of rotatable bonds is 5. The van der Waals surface area contributed by atoms with Gasteiger partial charge in [-0.3, -0.25) is 4.79 Å². The topological polar surface area (TPSA) is 79.4 Å². The average molecular weight is 394 g/mol. The summed E-state index contributed by atoms with van der Waals surface area (Å²) in [6.07, 6.45) is 1.36. The van der Waals surface area contributed by atoms with E-state index in [0.29, 0.717) is 19.4 Å². The zero-order valence-electron chi connectivity index (χ0n) is 14.9. The first kappa shape index (κ1) is 19.0. The molecule has 0 saturated carbocycles. The first-order valence-corrected chi connectivity index (χ1v) is 11.0. The lowest BCUT2D eigenvalue weighted by molar-refractivity contribution is -0.126. The molecule has 2 aromatic rings. The molecule has 2 atom stereocenters. The van der Waals surface area contributed by atoms with Gasteiger partial charge in [0.1, 0.15) is 0 Å². The van der Waals surface area contributed by atoms with Gasteiger partial charge >= 0.3 is 0 Å². The van der Waals surface area contributed by atoms with E-state index in [0.717, 1.165) is 10.7 Å². The SMILES string of the molecule is Cc1nc(C(C)NC(=O)C2CCCN(S(=O)(=O)c3ccccc3)C2)cs1. The maximum absolute atomic E-state index is 12.8. The van der Waals surface area contributed by atoms with Crippen molar-refractivity contribution in [3.8, 4) is 0 Å². The summed E-state index contributed by atoms with van der Waals surface area (Å²) in [5.41, 5.74) is 0.838. The molecule has 0 bridgehead atoms. The highest BCUT2D eigenvalue weighted by Gasteiger charge is 2.33. The Morgan fingerprint density at radius 2 is 2.08 bits per heavy atom. The van der Waals surface area contributed by atoms with E-state index in [-0.39, 0.29) is 29.3 Å². The summed E-state index contributed by atoms with van der Waals surface area (Å²) < 4.78 is 27.0. The Labute approximate surface area is 158 Å². The van der Waals surface area contributed by atoms with Gasteiger partial charge in [0.15, 0.2) is 0 Å². The van der Waals surface area contributed by atoms with Crippen LogP contribution >= 0.6 is 11.3 Å². The van der Waals surface area contributed by atoms with Gasteiger partial charge in [-0.05, 0) is 38.8 Å². The summed E-state index contributed by atoms with van der Waals surface area (Å²) in [4.78, 5) is 17.3. The van der Waals surface area contributed by atoms with E-state index in [9.17, 15) is 13.2 Å². The van der Waals surface area contributed by atoms with Crippen LogP contribution in [0.2, 0.25) is 0 Å². The van der Waals surface area contributed by atoms with Gasteiger partial charge in [0.05, 0.1) is 27.6 Å². The number of nitrogens with zero attached hydrogens (tertiary/aromatic N) is 2. The monoisotopic (exact) mass is 393 g/mol. The molecule has 8 heteroatoms. The number of nitrogens with one attached hydrogen (secondary N) is 1. The van der Waals surface area contributed by atoms with Crippen LogP contribution in [0, 0.1) is 12.8 Å². The molecule has 1 aromatic heterocycles. The van der Waals surface area contributed by atoms with Crippen LogP contribution in [0.15, 0.2) is 40.6 Å². The van der Waals surface area contributed by atoms with Crippen molar-refractivity contribution >= 4 is 27.3 Å². The minimum absolute atomic E-state index is 0.115. The second-order valence-corrected chi connectivity index (χ2v) is 9.54. The molecular formula is C18H23N3O3S2. The number of sulfonamides is 1. The van der Waals surface area contributed by atoms with Crippen molar-refractivity contribution in [2.24, 2.45) is 5.92 Å². The standard InChI is InChI=1S/C18H23N3O3S2/c1-13(17-12-25-14(2)20-17)19-18(22)15-7-6-10-21(11-15)26(23,24)16-8-4-3-5-9-16/h3-5,8-9,12-13,15H,6-7,10-11H2,1-2H3,(H,19,22). The molecule has 0 aliphatic carbocycles. The Bertz CT molecular complexity index is 865. The number of hydrogen-bond donors (Lipinski definition) is 1. The largest absolute Gasteiger partial charge is 0.348 e. The Hall–Kier alpha value is -1.77. The third-order valence-corrected chi connectivity index (χ3v) is 7.25. The summed E-state index contributed by atoms with van der Waals surface area (Å²) in [6, 6.07) is 8.19. The highest BCUT2D eigenvalue weighted by Crippen LogP contribution is 2.25. The Kier molecular flexibility index (Phi) is 5.74. The minimum atomic E-state index is -3.56. The summed E-state index contributed by atoms with van der Waals surface area (Å²) in [7, 11) is -3.56. The molecular weight excluding hydrogens is 370 g/mol. The second-order valence-electron chi connectivity index (χ2n) is 6.54. The first-order valence-electron chi connectivity index (χ1n) is 8.65. The number of carbonyl (C=O) groups is 1. The van der Waals surface area contributed by atoms with E-state index in [1.807, 2.05) is 19.2 Å². The Balaban J connectivity index is 1.67. The number of aromatic nitrogens is 1. The molecule has 2 unspecified atom stereocenters. The molecule has 1 N–H and O–H groups in total. The van der Waals surface area contributed by atoms with Crippen molar-refractivity contribution < 1.29 is 13.2 Å². The summed E-state index contributed by atoms with van der Waals surface area (Å²) >= 11 is 1.55. The van der Waals surface area contributed by atoms with E-state index < -0.39 is 10.0 Å². The molecule has 140 valence electrons. The Morgan fingerprint density at radius 3 is 2.73 bits per heavy atom. The van der Waals surface area contributed by atoms with Crippen LogP contribution in [0.25, 0.3) is 0 Å². The van der Waals surface area contributed by atoms with Crippen molar-refractivity contribution in [1.29, 1.82) is 0 Å². The first-order chi connectivity index (χ1) is 12.4. The molecule has 1 aromatic carbocycles. The van der Waals surface area contributed by atoms with Crippen LogP contribution in [0.3, 0.4) is 0 Å². The third-order valence-electron chi connectivity index (χ3n) is 4.58. The number of amides is 1. The lowest BCUT2D eigenvalue weighted by atomic mass is 9.98. The number of carbonyl (C=O) groups excluding carboxylic acids is 1. The number of piperidine rings is 1. The van der Waals surface area contributed by atoms with E-state index >= 15 is 0 Å². The normalized spacial score (nSPS) is 19.8. The summed E-state index contributed by atoms with van der Waals surface area (Å²) in [5, 5.41) is 5.87. The summed E-state index contributed by atoms with van der Waals surface area (Å²) in [6.45, 7) is 4.48. The van der Waals surface area contributed by atoms with Crippen molar-refractivity contribution in [1.82, 2.24) is 14.6 Å². The fourth-order valence-electron chi connectivity index (χ4n) is 3.10. The van der Waals surface area contributed by atoms with E-state index in [2.05, 4.69) is 10.3 Å². The van der Waals surface area contributed by atoms with Crippen molar-refractivity contribution in [2.75, 3.05) is 13.1 Å². The highest BCUT2D eigenvalue weighted by molar-refractivity contribution is 7.89. The van der Waals surface area contributed by atoms with Gasteiger partial charge in [0.2, 0.25) is 15.9 Å². The molecule has 1 saturated heterocycles. The van der Waals surface area contributed by atoms with Crippen LogP contribution in [0.1, 0.15) is 36.5 Å².